The Kier molecular flexibility index (Phi) is 16.9. The zero-order valence-corrected chi connectivity index (χ0v) is 21.5. The first-order valence-electron chi connectivity index (χ1n) is 10.1. The third kappa shape index (κ3) is 15.2. The first kappa shape index (κ1) is 29.4. The predicted octanol–water partition coefficient (Wildman–Crippen LogP) is 3.87. The van der Waals surface area contributed by atoms with E-state index < -0.39 is 5.60 Å². The standard InChI is InChI=1S/C20H42N4O3.HI/c1-9-26-15-11-10-13-22-18(21-7)24(8)14-12-17(16(2)3)23-19(25)27-20(4,5)6;/h16-17H,9-15H2,1-8H3,(H,21,22)(H,23,25);1H. The molecule has 168 valence electrons. The largest absolute Gasteiger partial charge is 0.444 e. The lowest BCUT2D eigenvalue weighted by atomic mass is 10.0. The molecular weight excluding hydrogens is 471 g/mol. The Balaban J connectivity index is 0. The highest BCUT2D eigenvalue weighted by Gasteiger charge is 2.22. The first-order chi connectivity index (χ1) is 12.6. The maximum Gasteiger partial charge on any atom is 0.407 e. The molecule has 8 heteroatoms. The van der Waals surface area contributed by atoms with E-state index in [1.807, 2.05) is 34.7 Å². The number of nitrogens with one attached hydrogen (secondary N) is 2. The molecule has 0 aromatic carbocycles. The van der Waals surface area contributed by atoms with Crippen LogP contribution in [0.4, 0.5) is 4.79 Å². The van der Waals surface area contributed by atoms with Crippen LogP contribution in [-0.4, -0.2) is 69.0 Å². The Morgan fingerprint density at radius 3 is 2.36 bits per heavy atom. The molecule has 1 unspecified atom stereocenters. The molecule has 0 fully saturated rings. The molecule has 0 bridgehead atoms. The molecule has 0 spiro atoms. The summed E-state index contributed by atoms with van der Waals surface area (Å²) >= 11 is 0. The van der Waals surface area contributed by atoms with Gasteiger partial charge in [-0.05, 0) is 52.9 Å². The van der Waals surface area contributed by atoms with E-state index in [0.29, 0.717) is 5.92 Å². The van der Waals surface area contributed by atoms with Gasteiger partial charge in [0.1, 0.15) is 5.60 Å². The van der Waals surface area contributed by atoms with Crippen LogP contribution in [0.15, 0.2) is 4.99 Å². The van der Waals surface area contributed by atoms with Gasteiger partial charge in [0, 0.05) is 46.4 Å². The van der Waals surface area contributed by atoms with Gasteiger partial charge in [-0.25, -0.2) is 4.79 Å². The van der Waals surface area contributed by atoms with E-state index >= 15 is 0 Å². The molecule has 0 aliphatic carbocycles. The van der Waals surface area contributed by atoms with Crippen LogP contribution in [0.3, 0.4) is 0 Å². The zero-order valence-electron chi connectivity index (χ0n) is 19.1. The predicted molar refractivity (Wildman–Crippen MR) is 128 cm³/mol. The lowest BCUT2D eigenvalue weighted by molar-refractivity contribution is 0.0486. The number of amides is 1. The third-order valence-corrected chi connectivity index (χ3v) is 4.06. The number of unbranched alkanes of at least 4 members (excludes halogenated alkanes) is 1. The summed E-state index contributed by atoms with van der Waals surface area (Å²) in [5, 5.41) is 6.37. The molecule has 0 aliphatic heterocycles. The van der Waals surface area contributed by atoms with Crippen molar-refractivity contribution in [1.82, 2.24) is 15.5 Å². The van der Waals surface area contributed by atoms with Gasteiger partial charge < -0.3 is 25.0 Å². The van der Waals surface area contributed by atoms with E-state index in [1.165, 1.54) is 0 Å². The molecule has 0 aromatic heterocycles. The normalized spacial score (nSPS) is 13.0. The highest BCUT2D eigenvalue weighted by atomic mass is 127. The zero-order chi connectivity index (χ0) is 20.9. The number of aliphatic imine (C=N–C) groups is 1. The quantitative estimate of drug-likeness (QED) is 0.190. The number of hydrogen-bond donors (Lipinski definition) is 2. The van der Waals surface area contributed by atoms with E-state index in [2.05, 4.69) is 34.4 Å². The van der Waals surface area contributed by atoms with Gasteiger partial charge in [0.2, 0.25) is 0 Å². The molecule has 0 rings (SSSR count). The van der Waals surface area contributed by atoms with E-state index in [4.69, 9.17) is 9.47 Å². The second-order valence-corrected chi connectivity index (χ2v) is 8.08. The second kappa shape index (κ2) is 16.1. The van der Waals surface area contributed by atoms with E-state index in [1.54, 1.807) is 7.05 Å². The summed E-state index contributed by atoms with van der Waals surface area (Å²) in [5.74, 6) is 1.19. The number of nitrogens with zero attached hydrogens (tertiary/aromatic N) is 2. The van der Waals surface area contributed by atoms with Crippen LogP contribution in [-0.2, 0) is 9.47 Å². The highest BCUT2D eigenvalue weighted by Crippen LogP contribution is 2.11. The maximum absolute atomic E-state index is 12.1. The molecule has 2 N–H and O–H groups in total. The Morgan fingerprint density at radius 1 is 1.21 bits per heavy atom. The molecule has 0 aliphatic rings. The number of hydrogen-bond acceptors (Lipinski definition) is 4. The Labute approximate surface area is 189 Å². The molecule has 1 amide bonds. The molecule has 0 radical (unpaired) electrons. The van der Waals surface area contributed by atoms with E-state index in [-0.39, 0.29) is 36.1 Å². The van der Waals surface area contributed by atoms with Crippen LogP contribution < -0.4 is 10.6 Å². The molecule has 0 saturated heterocycles. The summed E-state index contributed by atoms with van der Waals surface area (Å²) in [6.45, 7) is 15.1. The average Bonchev–Trinajstić information content (AvgIpc) is 2.55. The van der Waals surface area contributed by atoms with Gasteiger partial charge in [-0.1, -0.05) is 13.8 Å². The SMILES string of the molecule is CCOCCCCNC(=NC)N(C)CCC(NC(=O)OC(C)(C)C)C(C)C.I. The first-order valence-corrected chi connectivity index (χ1v) is 10.1. The number of carbonyl (C=O) groups is 1. The van der Waals surface area contributed by atoms with Crippen molar-refractivity contribution in [3.63, 3.8) is 0 Å². The summed E-state index contributed by atoms with van der Waals surface area (Å²) in [6, 6.07) is 0.0478. The summed E-state index contributed by atoms with van der Waals surface area (Å²) in [6.07, 6.45) is 2.54. The minimum absolute atomic E-state index is 0. The molecule has 7 nitrogen and oxygen atoms in total. The van der Waals surface area contributed by atoms with Crippen molar-refractivity contribution >= 4 is 36.0 Å². The van der Waals surface area contributed by atoms with Crippen LogP contribution in [0.25, 0.3) is 0 Å². The van der Waals surface area contributed by atoms with Crippen molar-refractivity contribution in [3.8, 4) is 0 Å². The molecule has 0 aromatic rings. The number of carbonyl (C=O) groups excluding carboxylic acids is 1. The summed E-state index contributed by atoms with van der Waals surface area (Å²) in [5.41, 5.74) is -0.490. The van der Waals surface area contributed by atoms with Crippen LogP contribution >= 0.6 is 24.0 Å². The molecule has 0 heterocycles. The molecule has 0 saturated carbocycles. The summed E-state index contributed by atoms with van der Waals surface area (Å²) < 4.78 is 10.7. The number of halogens is 1. The average molecular weight is 514 g/mol. The van der Waals surface area contributed by atoms with Gasteiger partial charge >= 0.3 is 6.09 Å². The second-order valence-electron chi connectivity index (χ2n) is 8.08. The van der Waals surface area contributed by atoms with Gasteiger partial charge in [-0.15, -0.1) is 24.0 Å². The summed E-state index contributed by atoms with van der Waals surface area (Å²) in [4.78, 5) is 18.5. The summed E-state index contributed by atoms with van der Waals surface area (Å²) in [7, 11) is 3.80. The van der Waals surface area contributed by atoms with Crippen LogP contribution in [0.2, 0.25) is 0 Å². The molecule has 28 heavy (non-hydrogen) atoms. The minimum atomic E-state index is -0.490. The van der Waals surface area contributed by atoms with Crippen molar-refractivity contribution in [1.29, 1.82) is 0 Å². The fourth-order valence-electron chi connectivity index (χ4n) is 2.53. The fourth-order valence-corrected chi connectivity index (χ4v) is 2.53. The molecular formula is C20H43IN4O3. The fraction of sp³-hybridized carbons (Fsp3) is 0.900. The van der Waals surface area contributed by atoms with Crippen molar-refractivity contribution in [3.05, 3.63) is 0 Å². The maximum atomic E-state index is 12.1. The lowest BCUT2D eigenvalue weighted by Crippen LogP contribution is -2.45. The number of rotatable bonds is 11. The van der Waals surface area contributed by atoms with Gasteiger partial charge in [-0.2, -0.15) is 0 Å². The van der Waals surface area contributed by atoms with E-state index in [0.717, 1.165) is 51.5 Å². The number of ether oxygens (including phenoxy) is 2. The highest BCUT2D eigenvalue weighted by molar-refractivity contribution is 14.0. The minimum Gasteiger partial charge on any atom is -0.444 e. The van der Waals surface area contributed by atoms with Crippen LogP contribution in [0.5, 0.6) is 0 Å². The van der Waals surface area contributed by atoms with Gasteiger partial charge in [0.25, 0.3) is 0 Å². The van der Waals surface area contributed by atoms with Gasteiger partial charge in [0.15, 0.2) is 5.96 Å². The number of alkyl carbamates (subject to hydrolysis) is 1. The van der Waals surface area contributed by atoms with Crippen LogP contribution in [0, 0.1) is 5.92 Å². The Hall–Kier alpha value is -0.770. The molecule has 1 atom stereocenters. The smallest absolute Gasteiger partial charge is 0.407 e. The van der Waals surface area contributed by atoms with Gasteiger partial charge in [-0.3, -0.25) is 4.99 Å². The Morgan fingerprint density at radius 2 is 1.86 bits per heavy atom. The van der Waals surface area contributed by atoms with Crippen molar-refractivity contribution in [2.24, 2.45) is 10.9 Å². The Bertz CT molecular complexity index is 440. The van der Waals surface area contributed by atoms with E-state index in [9.17, 15) is 4.79 Å². The topological polar surface area (TPSA) is 75.2 Å². The van der Waals surface area contributed by atoms with Crippen molar-refractivity contribution < 1.29 is 14.3 Å². The number of guanidine groups is 1. The van der Waals surface area contributed by atoms with Gasteiger partial charge in [0.05, 0.1) is 0 Å². The van der Waals surface area contributed by atoms with Crippen LogP contribution in [0.1, 0.15) is 60.8 Å². The van der Waals surface area contributed by atoms with Crippen molar-refractivity contribution in [2.45, 2.75) is 72.4 Å². The lowest BCUT2D eigenvalue weighted by Gasteiger charge is -2.28. The van der Waals surface area contributed by atoms with Crippen molar-refractivity contribution in [2.75, 3.05) is 40.4 Å². The third-order valence-electron chi connectivity index (χ3n) is 4.06. The monoisotopic (exact) mass is 514 g/mol.